The molecule has 0 radical (unpaired) electrons. The average molecular weight is 334 g/mol. The first kappa shape index (κ1) is 16.9. The first-order valence-electron chi connectivity index (χ1n) is 8.29. The lowest BCUT2D eigenvalue weighted by Gasteiger charge is -2.32. The van der Waals surface area contributed by atoms with Crippen molar-refractivity contribution in [1.29, 1.82) is 0 Å². The fourth-order valence-corrected chi connectivity index (χ4v) is 3.31. The average Bonchev–Trinajstić information content (AvgIpc) is 3.10. The van der Waals surface area contributed by atoms with Crippen molar-refractivity contribution in [3.63, 3.8) is 0 Å². The van der Waals surface area contributed by atoms with Gasteiger partial charge < -0.3 is 15.2 Å². The van der Waals surface area contributed by atoms with Crippen LogP contribution in [0.2, 0.25) is 0 Å². The Morgan fingerprint density at radius 3 is 2.96 bits per heavy atom. The molecule has 6 nitrogen and oxygen atoms in total. The number of rotatable bonds is 6. The van der Waals surface area contributed by atoms with Gasteiger partial charge >= 0.3 is 0 Å². The van der Waals surface area contributed by atoms with Crippen LogP contribution in [0.4, 0.5) is 4.39 Å². The van der Waals surface area contributed by atoms with E-state index in [0.717, 1.165) is 25.7 Å². The summed E-state index contributed by atoms with van der Waals surface area (Å²) < 4.78 is 21.1. The van der Waals surface area contributed by atoms with Crippen LogP contribution in [0.25, 0.3) is 0 Å². The summed E-state index contributed by atoms with van der Waals surface area (Å²) in [6, 6.07) is 5.54. The van der Waals surface area contributed by atoms with Gasteiger partial charge in [0.2, 0.25) is 0 Å². The minimum absolute atomic E-state index is 0.111. The first-order valence-corrected chi connectivity index (χ1v) is 8.29. The Kier molecular flexibility index (Phi) is 5.42. The highest BCUT2D eigenvalue weighted by atomic mass is 19.1. The van der Waals surface area contributed by atoms with Crippen LogP contribution in [-0.2, 0) is 13.2 Å². The van der Waals surface area contributed by atoms with E-state index in [-0.39, 0.29) is 30.3 Å². The molecule has 0 amide bonds. The summed E-state index contributed by atoms with van der Waals surface area (Å²) in [6.45, 7) is 0.325. The summed E-state index contributed by atoms with van der Waals surface area (Å²) in [5.41, 5.74) is 1.16. The predicted octanol–water partition coefficient (Wildman–Crippen LogP) is 2.19. The Bertz CT molecular complexity index is 676. The van der Waals surface area contributed by atoms with E-state index < -0.39 is 0 Å². The standard InChI is InChI=1S/C17H23FN4O2/c1-24-16-8-4-5-12(17(16)18)9-19-14-6-2-3-7-15(14)22-10-13(11-23)20-21-22/h4-5,8,10,14-15,19,23H,2-3,6-7,9,11H2,1H3/t14-,15+/m0/s1. The number of aromatic nitrogens is 3. The second kappa shape index (κ2) is 7.72. The molecule has 2 aromatic rings. The molecular formula is C17H23FN4O2. The molecule has 2 atom stereocenters. The van der Waals surface area contributed by atoms with Gasteiger partial charge in [0.25, 0.3) is 0 Å². The van der Waals surface area contributed by atoms with Crippen molar-refractivity contribution in [3.8, 4) is 5.75 Å². The van der Waals surface area contributed by atoms with Crippen molar-refractivity contribution in [2.75, 3.05) is 7.11 Å². The van der Waals surface area contributed by atoms with Crippen molar-refractivity contribution in [2.24, 2.45) is 0 Å². The highest BCUT2D eigenvalue weighted by molar-refractivity contribution is 5.31. The normalized spacial score (nSPS) is 21.0. The minimum Gasteiger partial charge on any atom is -0.494 e. The molecule has 2 N–H and O–H groups in total. The third kappa shape index (κ3) is 3.57. The van der Waals surface area contributed by atoms with E-state index in [1.54, 1.807) is 24.4 Å². The molecule has 24 heavy (non-hydrogen) atoms. The molecule has 0 bridgehead atoms. The summed E-state index contributed by atoms with van der Waals surface area (Å²) in [6.07, 6.45) is 6.05. The number of hydrogen-bond donors (Lipinski definition) is 2. The van der Waals surface area contributed by atoms with Crippen LogP contribution in [0, 0.1) is 5.82 Å². The molecule has 1 aliphatic rings. The maximum absolute atomic E-state index is 14.3. The second-order valence-electron chi connectivity index (χ2n) is 6.12. The second-order valence-corrected chi connectivity index (χ2v) is 6.12. The van der Waals surface area contributed by atoms with Crippen LogP contribution < -0.4 is 10.1 Å². The highest BCUT2D eigenvalue weighted by Crippen LogP contribution is 2.29. The number of methoxy groups -OCH3 is 1. The minimum atomic E-state index is -0.316. The molecule has 0 saturated heterocycles. The Hall–Kier alpha value is -1.99. The number of ether oxygens (including phenoxy) is 1. The molecule has 1 aromatic heterocycles. The summed E-state index contributed by atoms with van der Waals surface area (Å²) in [5, 5.41) is 20.7. The SMILES string of the molecule is COc1cccc(CN[C@H]2CCCC[C@H]2n2cc(CO)nn2)c1F. The monoisotopic (exact) mass is 334 g/mol. The highest BCUT2D eigenvalue weighted by Gasteiger charge is 2.27. The zero-order valence-corrected chi connectivity index (χ0v) is 13.8. The van der Waals surface area contributed by atoms with E-state index in [9.17, 15) is 4.39 Å². The van der Waals surface area contributed by atoms with Gasteiger partial charge in [-0.05, 0) is 18.9 Å². The van der Waals surface area contributed by atoms with Gasteiger partial charge in [-0.2, -0.15) is 0 Å². The number of hydrogen-bond acceptors (Lipinski definition) is 5. The van der Waals surface area contributed by atoms with Crippen LogP contribution >= 0.6 is 0 Å². The molecular weight excluding hydrogens is 311 g/mol. The summed E-state index contributed by atoms with van der Waals surface area (Å²) in [7, 11) is 1.47. The van der Waals surface area contributed by atoms with Crippen LogP contribution in [0.15, 0.2) is 24.4 Å². The number of nitrogens with one attached hydrogen (secondary N) is 1. The molecule has 0 spiro atoms. The van der Waals surface area contributed by atoms with Gasteiger partial charge in [0, 0.05) is 18.2 Å². The zero-order chi connectivity index (χ0) is 16.9. The van der Waals surface area contributed by atoms with Gasteiger partial charge in [0.15, 0.2) is 11.6 Å². The van der Waals surface area contributed by atoms with Crippen molar-refractivity contribution in [1.82, 2.24) is 20.3 Å². The van der Waals surface area contributed by atoms with E-state index in [1.807, 2.05) is 4.68 Å². The van der Waals surface area contributed by atoms with Crippen molar-refractivity contribution >= 4 is 0 Å². The molecule has 1 heterocycles. The van der Waals surface area contributed by atoms with E-state index in [0.29, 0.717) is 17.8 Å². The largest absolute Gasteiger partial charge is 0.494 e. The Morgan fingerprint density at radius 1 is 1.38 bits per heavy atom. The van der Waals surface area contributed by atoms with Crippen molar-refractivity contribution in [2.45, 2.75) is 50.9 Å². The molecule has 7 heteroatoms. The fourth-order valence-electron chi connectivity index (χ4n) is 3.31. The third-order valence-corrected chi connectivity index (χ3v) is 4.61. The number of aliphatic hydroxyl groups excluding tert-OH is 1. The Morgan fingerprint density at radius 2 is 2.21 bits per heavy atom. The lowest BCUT2D eigenvalue weighted by molar-refractivity contribution is 0.241. The molecule has 0 unspecified atom stereocenters. The van der Waals surface area contributed by atoms with Crippen LogP contribution in [0.1, 0.15) is 43.0 Å². The molecule has 1 aromatic carbocycles. The molecule has 1 saturated carbocycles. The van der Waals surface area contributed by atoms with Crippen LogP contribution in [0.3, 0.4) is 0 Å². The number of nitrogens with zero attached hydrogens (tertiary/aromatic N) is 3. The quantitative estimate of drug-likeness (QED) is 0.847. The summed E-state index contributed by atoms with van der Waals surface area (Å²) in [5.74, 6) is -0.0541. The summed E-state index contributed by atoms with van der Waals surface area (Å²) in [4.78, 5) is 0. The number of benzene rings is 1. The zero-order valence-electron chi connectivity index (χ0n) is 13.8. The van der Waals surface area contributed by atoms with Gasteiger partial charge in [-0.3, -0.25) is 0 Å². The van der Waals surface area contributed by atoms with Gasteiger partial charge in [-0.25, -0.2) is 9.07 Å². The Balaban J connectivity index is 1.70. The van der Waals surface area contributed by atoms with Crippen LogP contribution in [-0.4, -0.2) is 33.3 Å². The molecule has 0 aliphatic heterocycles. The van der Waals surface area contributed by atoms with E-state index in [1.165, 1.54) is 7.11 Å². The first-order chi connectivity index (χ1) is 11.7. The molecule has 130 valence electrons. The van der Waals surface area contributed by atoms with Gasteiger partial charge in [-0.1, -0.05) is 30.2 Å². The molecule has 1 aliphatic carbocycles. The van der Waals surface area contributed by atoms with Gasteiger partial charge in [0.1, 0.15) is 5.69 Å². The molecule has 3 rings (SSSR count). The maximum atomic E-state index is 14.3. The smallest absolute Gasteiger partial charge is 0.169 e. The van der Waals surface area contributed by atoms with E-state index in [2.05, 4.69) is 15.6 Å². The Labute approximate surface area is 140 Å². The third-order valence-electron chi connectivity index (χ3n) is 4.61. The molecule has 1 fully saturated rings. The van der Waals surface area contributed by atoms with E-state index >= 15 is 0 Å². The topological polar surface area (TPSA) is 72.2 Å². The maximum Gasteiger partial charge on any atom is 0.169 e. The van der Waals surface area contributed by atoms with Crippen molar-refractivity contribution < 1.29 is 14.2 Å². The lowest BCUT2D eigenvalue weighted by Crippen LogP contribution is -2.39. The number of aliphatic hydroxyl groups is 1. The van der Waals surface area contributed by atoms with Gasteiger partial charge in [0.05, 0.1) is 26.0 Å². The van der Waals surface area contributed by atoms with Gasteiger partial charge in [-0.15, -0.1) is 5.10 Å². The van der Waals surface area contributed by atoms with Crippen LogP contribution in [0.5, 0.6) is 5.75 Å². The van der Waals surface area contributed by atoms with E-state index in [4.69, 9.17) is 9.84 Å². The lowest BCUT2D eigenvalue weighted by atomic mass is 9.90. The fraction of sp³-hybridized carbons (Fsp3) is 0.529. The van der Waals surface area contributed by atoms with Crippen molar-refractivity contribution in [3.05, 3.63) is 41.5 Å². The predicted molar refractivity (Wildman–Crippen MR) is 87.0 cm³/mol. The number of halogens is 1. The summed E-state index contributed by atoms with van der Waals surface area (Å²) >= 11 is 0.